The number of carbonyl (C=O) groups is 1. The molecule has 0 spiro atoms. The van der Waals surface area contributed by atoms with Gasteiger partial charge in [-0.1, -0.05) is 38.5 Å². The zero-order valence-corrected chi connectivity index (χ0v) is 12.9. The van der Waals surface area contributed by atoms with Crippen LogP contribution < -0.4 is 5.32 Å². The van der Waals surface area contributed by atoms with Crippen LogP contribution >= 0.6 is 0 Å². The highest BCUT2D eigenvalue weighted by Gasteiger charge is 2.20. The van der Waals surface area contributed by atoms with Gasteiger partial charge in [-0.3, -0.25) is 4.79 Å². The van der Waals surface area contributed by atoms with Crippen LogP contribution in [0, 0.1) is 12.3 Å². The molecule has 0 atom stereocenters. The number of aryl methyl sites for hydroxylation is 1. The first-order valence-electron chi connectivity index (χ1n) is 7.04. The molecule has 0 bridgehead atoms. The topological polar surface area (TPSA) is 68.0 Å². The smallest absolute Gasteiger partial charge is 0.247 e. The van der Waals surface area contributed by atoms with Crippen molar-refractivity contribution in [3.05, 3.63) is 35.7 Å². The minimum absolute atomic E-state index is 0.0147. The standard InChI is InChI=1S/C16H21N3O2/c1-11-6-5-7-12(10-11)14-19-18-13(21-14)8-9-17-15(20)16(2,3)4/h5-7,10H,8-9H2,1-4H3,(H,17,20). The fourth-order valence-electron chi connectivity index (χ4n) is 1.80. The van der Waals surface area contributed by atoms with E-state index in [2.05, 4.69) is 15.5 Å². The normalized spacial score (nSPS) is 11.4. The van der Waals surface area contributed by atoms with E-state index in [0.29, 0.717) is 24.7 Å². The molecule has 0 aliphatic carbocycles. The Hall–Kier alpha value is -2.17. The molecule has 1 heterocycles. The van der Waals surface area contributed by atoms with E-state index in [1.54, 1.807) is 0 Å². The second-order valence-corrected chi connectivity index (χ2v) is 6.13. The van der Waals surface area contributed by atoms with Crippen LogP contribution in [0.1, 0.15) is 32.2 Å². The molecule has 1 amide bonds. The summed E-state index contributed by atoms with van der Waals surface area (Å²) in [5, 5.41) is 10.9. The van der Waals surface area contributed by atoms with Crippen molar-refractivity contribution in [3.8, 4) is 11.5 Å². The molecule has 0 saturated heterocycles. The van der Waals surface area contributed by atoms with E-state index in [1.807, 2.05) is 52.0 Å². The van der Waals surface area contributed by atoms with Gasteiger partial charge in [0.2, 0.25) is 17.7 Å². The molecule has 0 aliphatic heterocycles. The van der Waals surface area contributed by atoms with Crippen molar-refractivity contribution in [3.63, 3.8) is 0 Å². The maximum atomic E-state index is 11.7. The van der Waals surface area contributed by atoms with Crippen LogP contribution in [0.15, 0.2) is 28.7 Å². The van der Waals surface area contributed by atoms with Gasteiger partial charge >= 0.3 is 0 Å². The van der Waals surface area contributed by atoms with E-state index in [0.717, 1.165) is 11.1 Å². The number of benzene rings is 1. The SMILES string of the molecule is Cc1cccc(-c2nnc(CCNC(=O)C(C)(C)C)o2)c1. The minimum Gasteiger partial charge on any atom is -0.421 e. The van der Waals surface area contributed by atoms with E-state index < -0.39 is 0 Å². The Morgan fingerprint density at radius 3 is 2.71 bits per heavy atom. The van der Waals surface area contributed by atoms with Gasteiger partial charge in [-0.05, 0) is 19.1 Å². The number of nitrogens with zero attached hydrogens (tertiary/aromatic N) is 2. The highest BCUT2D eigenvalue weighted by atomic mass is 16.4. The summed E-state index contributed by atoms with van der Waals surface area (Å²) in [5.74, 6) is 1.05. The Bertz CT molecular complexity index is 626. The molecule has 1 N–H and O–H groups in total. The van der Waals surface area contributed by atoms with Gasteiger partial charge in [-0.15, -0.1) is 10.2 Å². The van der Waals surface area contributed by atoms with Crippen molar-refractivity contribution in [2.75, 3.05) is 6.54 Å². The maximum Gasteiger partial charge on any atom is 0.247 e. The Morgan fingerprint density at radius 2 is 2.05 bits per heavy atom. The van der Waals surface area contributed by atoms with Crippen molar-refractivity contribution in [1.82, 2.24) is 15.5 Å². The summed E-state index contributed by atoms with van der Waals surface area (Å²) >= 11 is 0. The number of hydrogen-bond donors (Lipinski definition) is 1. The largest absolute Gasteiger partial charge is 0.421 e. The van der Waals surface area contributed by atoms with Crippen LogP contribution in [0.5, 0.6) is 0 Å². The lowest BCUT2D eigenvalue weighted by Crippen LogP contribution is -2.35. The molecule has 5 nitrogen and oxygen atoms in total. The average Bonchev–Trinajstić information content (AvgIpc) is 2.86. The molecule has 5 heteroatoms. The third-order valence-electron chi connectivity index (χ3n) is 3.04. The third-order valence-corrected chi connectivity index (χ3v) is 3.04. The fourth-order valence-corrected chi connectivity index (χ4v) is 1.80. The Labute approximate surface area is 124 Å². The molecule has 0 saturated carbocycles. The van der Waals surface area contributed by atoms with E-state index >= 15 is 0 Å². The van der Waals surface area contributed by atoms with Crippen LogP contribution in [0.4, 0.5) is 0 Å². The molecular formula is C16H21N3O2. The Kier molecular flexibility index (Phi) is 4.40. The van der Waals surface area contributed by atoms with Crippen LogP contribution in [0.2, 0.25) is 0 Å². The lowest BCUT2D eigenvalue weighted by atomic mass is 9.96. The molecule has 112 valence electrons. The quantitative estimate of drug-likeness (QED) is 0.939. The first kappa shape index (κ1) is 15.2. The van der Waals surface area contributed by atoms with Crippen molar-refractivity contribution in [2.45, 2.75) is 34.1 Å². The molecule has 21 heavy (non-hydrogen) atoms. The van der Waals surface area contributed by atoms with Crippen molar-refractivity contribution < 1.29 is 9.21 Å². The molecular weight excluding hydrogens is 266 g/mol. The van der Waals surface area contributed by atoms with E-state index in [-0.39, 0.29) is 11.3 Å². The van der Waals surface area contributed by atoms with Gasteiger partial charge in [0, 0.05) is 23.9 Å². The summed E-state index contributed by atoms with van der Waals surface area (Å²) < 4.78 is 5.62. The second-order valence-electron chi connectivity index (χ2n) is 6.13. The lowest BCUT2D eigenvalue weighted by Gasteiger charge is -2.16. The molecule has 0 fully saturated rings. The predicted molar refractivity (Wildman–Crippen MR) is 80.6 cm³/mol. The summed E-state index contributed by atoms with van der Waals surface area (Å²) in [6.07, 6.45) is 0.528. The summed E-state index contributed by atoms with van der Waals surface area (Å²) in [6.45, 7) is 8.15. The van der Waals surface area contributed by atoms with Crippen LogP contribution in [0.3, 0.4) is 0 Å². The summed E-state index contributed by atoms with van der Waals surface area (Å²) in [4.78, 5) is 11.7. The monoisotopic (exact) mass is 287 g/mol. The molecule has 2 aromatic rings. The molecule has 1 aromatic heterocycles. The minimum atomic E-state index is -0.387. The molecule has 1 aromatic carbocycles. The number of amides is 1. The van der Waals surface area contributed by atoms with E-state index in [9.17, 15) is 4.79 Å². The van der Waals surface area contributed by atoms with Gasteiger partial charge in [-0.25, -0.2) is 0 Å². The third kappa shape index (κ3) is 4.15. The zero-order chi connectivity index (χ0) is 15.5. The second kappa shape index (κ2) is 6.08. The first-order valence-corrected chi connectivity index (χ1v) is 7.04. The number of aromatic nitrogens is 2. The number of nitrogens with one attached hydrogen (secondary N) is 1. The van der Waals surface area contributed by atoms with Crippen LogP contribution in [-0.4, -0.2) is 22.6 Å². The van der Waals surface area contributed by atoms with Crippen molar-refractivity contribution >= 4 is 5.91 Å². The van der Waals surface area contributed by atoms with Crippen LogP contribution in [-0.2, 0) is 11.2 Å². The number of carbonyl (C=O) groups excluding carboxylic acids is 1. The number of rotatable bonds is 4. The van der Waals surface area contributed by atoms with Gasteiger partial charge in [0.15, 0.2) is 0 Å². The number of hydrogen-bond acceptors (Lipinski definition) is 4. The van der Waals surface area contributed by atoms with Gasteiger partial charge in [0.05, 0.1) is 0 Å². The van der Waals surface area contributed by atoms with Gasteiger partial charge < -0.3 is 9.73 Å². The van der Waals surface area contributed by atoms with E-state index in [1.165, 1.54) is 0 Å². The molecule has 0 unspecified atom stereocenters. The van der Waals surface area contributed by atoms with Crippen LogP contribution in [0.25, 0.3) is 11.5 Å². The summed E-state index contributed by atoms with van der Waals surface area (Å²) in [6, 6.07) is 7.91. The molecule has 2 rings (SSSR count). The zero-order valence-electron chi connectivity index (χ0n) is 12.9. The fraction of sp³-hybridized carbons (Fsp3) is 0.438. The first-order chi connectivity index (χ1) is 9.86. The van der Waals surface area contributed by atoms with Gasteiger partial charge in [-0.2, -0.15) is 0 Å². The van der Waals surface area contributed by atoms with Gasteiger partial charge in [0.1, 0.15) is 0 Å². The summed E-state index contributed by atoms with van der Waals surface area (Å²) in [5.41, 5.74) is 1.67. The van der Waals surface area contributed by atoms with E-state index in [4.69, 9.17) is 4.42 Å². The Balaban J connectivity index is 1.94. The predicted octanol–water partition coefficient (Wildman–Crippen LogP) is 2.75. The van der Waals surface area contributed by atoms with Crippen molar-refractivity contribution in [2.24, 2.45) is 5.41 Å². The Morgan fingerprint density at radius 1 is 1.29 bits per heavy atom. The lowest BCUT2D eigenvalue weighted by molar-refractivity contribution is -0.128. The molecule has 0 aliphatic rings. The maximum absolute atomic E-state index is 11.7. The highest BCUT2D eigenvalue weighted by molar-refractivity contribution is 5.81. The van der Waals surface area contributed by atoms with Crippen molar-refractivity contribution in [1.29, 1.82) is 0 Å². The summed E-state index contributed by atoms with van der Waals surface area (Å²) in [7, 11) is 0. The highest BCUT2D eigenvalue weighted by Crippen LogP contribution is 2.19. The molecule has 0 radical (unpaired) electrons. The van der Waals surface area contributed by atoms with Gasteiger partial charge in [0.25, 0.3) is 0 Å². The average molecular weight is 287 g/mol.